The van der Waals surface area contributed by atoms with Crippen molar-refractivity contribution in [2.24, 2.45) is 5.92 Å². The molecule has 4 nitrogen and oxygen atoms in total. The van der Waals surface area contributed by atoms with E-state index in [0.29, 0.717) is 6.42 Å². The molecule has 0 heterocycles. The van der Waals surface area contributed by atoms with Gasteiger partial charge >= 0.3 is 5.97 Å². The van der Waals surface area contributed by atoms with Crippen molar-refractivity contribution in [3.63, 3.8) is 0 Å². The SMILES string of the molecule is CC(C)CP(=O)(O)C/C(=C\CCCSc1ccccc1)C(=O)O. The fourth-order valence-corrected chi connectivity index (χ4v) is 5.15. The first-order valence-electron chi connectivity index (χ1n) is 7.71. The smallest absolute Gasteiger partial charge is 0.331 e. The number of carboxylic acids is 1. The summed E-state index contributed by atoms with van der Waals surface area (Å²) in [6, 6.07) is 10.0. The highest BCUT2D eigenvalue weighted by molar-refractivity contribution is 7.99. The van der Waals surface area contributed by atoms with Crippen LogP contribution in [0.5, 0.6) is 0 Å². The molecule has 0 bridgehead atoms. The van der Waals surface area contributed by atoms with E-state index in [0.717, 1.165) is 12.2 Å². The van der Waals surface area contributed by atoms with Gasteiger partial charge in [0.2, 0.25) is 7.37 Å². The van der Waals surface area contributed by atoms with Crippen LogP contribution >= 0.6 is 19.1 Å². The molecule has 0 fully saturated rings. The zero-order valence-corrected chi connectivity index (χ0v) is 15.4. The molecule has 1 rings (SSSR count). The van der Waals surface area contributed by atoms with Crippen LogP contribution in [0.2, 0.25) is 0 Å². The third kappa shape index (κ3) is 8.99. The second kappa shape index (κ2) is 9.96. The zero-order valence-electron chi connectivity index (χ0n) is 13.6. The third-order valence-electron chi connectivity index (χ3n) is 3.09. The lowest BCUT2D eigenvalue weighted by Crippen LogP contribution is -2.09. The Morgan fingerprint density at radius 2 is 1.96 bits per heavy atom. The van der Waals surface area contributed by atoms with Crippen LogP contribution in [-0.2, 0) is 9.36 Å². The quantitative estimate of drug-likeness (QED) is 0.279. The highest BCUT2D eigenvalue weighted by Crippen LogP contribution is 2.44. The van der Waals surface area contributed by atoms with Crippen LogP contribution in [0.4, 0.5) is 0 Å². The minimum absolute atomic E-state index is 0.0567. The van der Waals surface area contributed by atoms with Crippen LogP contribution in [0.1, 0.15) is 26.7 Å². The summed E-state index contributed by atoms with van der Waals surface area (Å²) in [7, 11) is -3.42. The van der Waals surface area contributed by atoms with Crippen molar-refractivity contribution in [2.45, 2.75) is 31.6 Å². The Kier molecular flexibility index (Phi) is 8.67. The van der Waals surface area contributed by atoms with E-state index in [1.807, 2.05) is 44.2 Å². The van der Waals surface area contributed by atoms with Gasteiger partial charge in [0.1, 0.15) is 0 Å². The molecule has 1 atom stereocenters. The standard InChI is InChI=1S/C17H25O4PS/c1-14(2)12-22(20,21)13-15(17(18)19)8-6-7-11-23-16-9-4-3-5-10-16/h3-5,8-10,14H,6-7,11-13H2,1-2H3,(H,18,19)(H,20,21)/b15-8+. The maximum atomic E-state index is 12.1. The van der Waals surface area contributed by atoms with Crippen molar-refractivity contribution in [2.75, 3.05) is 18.1 Å². The molecule has 1 unspecified atom stereocenters. The number of aliphatic carboxylic acids is 1. The van der Waals surface area contributed by atoms with Gasteiger partial charge in [0.05, 0.1) is 6.16 Å². The molecule has 0 spiro atoms. The summed E-state index contributed by atoms with van der Waals surface area (Å²) in [6.45, 7) is 3.71. The van der Waals surface area contributed by atoms with Crippen molar-refractivity contribution in [3.05, 3.63) is 42.0 Å². The maximum absolute atomic E-state index is 12.1. The average Bonchev–Trinajstić information content (AvgIpc) is 2.45. The highest BCUT2D eigenvalue weighted by atomic mass is 32.2. The Balaban J connectivity index is 2.46. The molecule has 0 radical (unpaired) electrons. The van der Waals surface area contributed by atoms with Crippen LogP contribution in [0, 0.1) is 5.92 Å². The van der Waals surface area contributed by atoms with Crippen molar-refractivity contribution >= 4 is 25.1 Å². The summed E-state index contributed by atoms with van der Waals surface area (Å²) >= 11 is 1.72. The second-order valence-electron chi connectivity index (χ2n) is 5.92. The largest absolute Gasteiger partial charge is 0.478 e. The number of allylic oxidation sites excluding steroid dienone is 1. The zero-order chi connectivity index (χ0) is 17.3. The number of hydrogen-bond acceptors (Lipinski definition) is 3. The normalized spacial score (nSPS) is 14.7. The van der Waals surface area contributed by atoms with Gasteiger partial charge in [0, 0.05) is 16.6 Å². The highest BCUT2D eigenvalue weighted by Gasteiger charge is 2.24. The Hall–Kier alpha value is -1.03. The lowest BCUT2D eigenvalue weighted by atomic mass is 10.2. The van der Waals surface area contributed by atoms with Gasteiger partial charge < -0.3 is 10.00 Å². The molecule has 0 amide bonds. The van der Waals surface area contributed by atoms with Gasteiger partial charge in [-0.1, -0.05) is 38.1 Å². The number of rotatable bonds is 10. The number of thioether (sulfide) groups is 1. The molecule has 1 aromatic carbocycles. The number of hydrogen-bond donors (Lipinski definition) is 2. The molecule has 0 aliphatic carbocycles. The van der Waals surface area contributed by atoms with E-state index < -0.39 is 13.3 Å². The maximum Gasteiger partial charge on any atom is 0.331 e. The van der Waals surface area contributed by atoms with Crippen LogP contribution < -0.4 is 0 Å². The van der Waals surface area contributed by atoms with Crippen LogP contribution in [0.25, 0.3) is 0 Å². The first-order valence-corrected chi connectivity index (χ1v) is 10.7. The Labute approximate surface area is 142 Å². The van der Waals surface area contributed by atoms with Gasteiger partial charge in [0.15, 0.2) is 0 Å². The number of benzene rings is 1. The van der Waals surface area contributed by atoms with Gasteiger partial charge in [-0.15, -0.1) is 11.8 Å². The van der Waals surface area contributed by atoms with Crippen molar-refractivity contribution in [3.8, 4) is 0 Å². The van der Waals surface area contributed by atoms with E-state index in [2.05, 4.69) is 0 Å². The predicted octanol–water partition coefficient (Wildman–Crippen LogP) is 4.50. The number of carboxylic acid groups (broad SMARTS) is 1. The van der Waals surface area contributed by atoms with Crippen molar-refractivity contribution < 1.29 is 19.4 Å². The van der Waals surface area contributed by atoms with Crippen molar-refractivity contribution in [1.82, 2.24) is 0 Å². The van der Waals surface area contributed by atoms with Gasteiger partial charge in [-0.2, -0.15) is 0 Å². The summed E-state index contributed by atoms with van der Waals surface area (Å²) in [5.74, 6) is -0.141. The monoisotopic (exact) mass is 356 g/mol. The van der Waals surface area contributed by atoms with Gasteiger partial charge in [-0.3, -0.25) is 4.57 Å². The summed E-state index contributed by atoms with van der Waals surface area (Å²) < 4.78 is 12.1. The van der Waals surface area contributed by atoms with E-state index in [4.69, 9.17) is 0 Å². The lowest BCUT2D eigenvalue weighted by molar-refractivity contribution is -0.132. The van der Waals surface area contributed by atoms with Crippen LogP contribution in [0.3, 0.4) is 0 Å². The van der Waals surface area contributed by atoms with E-state index >= 15 is 0 Å². The molecule has 0 saturated heterocycles. The second-order valence-corrected chi connectivity index (χ2v) is 9.46. The number of carbonyl (C=O) groups is 1. The van der Waals surface area contributed by atoms with Gasteiger partial charge in [-0.05, 0) is 36.6 Å². The van der Waals surface area contributed by atoms with Crippen LogP contribution in [-0.4, -0.2) is 34.0 Å². The summed E-state index contributed by atoms with van der Waals surface area (Å²) in [6.07, 6.45) is 2.93. The minimum Gasteiger partial charge on any atom is -0.478 e. The molecule has 0 aliphatic heterocycles. The molecule has 1 aromatic rings. The molecular formula is C17H25O4PS. The molecular weight excluding hydrogens is 331 g/mol. The van der Waals surface area contributed by atoms with Gasteiger partial charge in [-0.25, -0.2) is 4.79 Å². The van der Waals surface area contributed by atoms with Crippen LogP contribution in [0.15, 0.2) is 46.9 Å². The molecule has 6 heteroatoms. The van der Waals surface area contributed by atoms with Gasteiger partial charge in [0.25, 0.3) is 0 Å². The van der Waals surface area contributed by atoms with E-state index in [1.54, 1.807) is 17.8 Å². The molecule has 0 aliphatic rings. The minimum atomic E-state index is -3.42. The summed E-state index contributed by atoms with van der Waals surface area (Å²) in [5, 5.41) is 9.20. The topological polar surface area (TPSA) is 74.6 Å². The molecule has 128 valence electrons. The van der Waals surface area contributed by atoms with E-state index in [-0.39, 0.29) is 23.8 Å². The fraction of sp³-hybridized carbons (Fsp3) is 0.471. The lowest BCUT2D eigenvalue weighted by Gasteiger charge is -2.14. The number of unbranched alkanes of at least 4 members (excludes halogenated alkanes) is 1. The summed E-state index contributed by atoms with van der Waals surface area (Å²) in [4.78, 5) is 22.3. The fourth-order valence-electron chi connectivity index (χ4n) is 2.19. The average molecular weight is 356 g/mol. The molecule has 2 N–H and O–H groups in total. The van der Waals surface area contributed by atoms with Crippen molar-refractivity contribution in [1.29, 1.82) is 0 Å². The molecule has 23 heavy (non-hydrogen) atoms. The van der Waals surface area contributed by atoms with E-state index in [9.17, 15) is 19.4 Å². The predicted molar refractivity (Wildman–Crippen MR) is 96.5 cm³/mol. The first-order chi connectivity index (χ1) is 10.8. The first kappa shape index (κ1) is 20.0. The molecule has 0 aromatic heterocycles. The Bertz CT molecular complexity index is 569. The Morgan fingerprint density at radius 1 is 1.30 bits per heavy atom. The molecule has 0 saturated carbocycles. The Morgan fingerprint density at radius 3 is 2.52 bits per heavy atom. The van der Waals surface area contributed by atoms with E-state index in [1.165, 1.54) is 4.90 Å². The summed E-state index contributed by atoms with van der Waals surface area (Å²) in [5.41, 5.74) is 0.0567. The third-order valence-corrected chi connectivity index (χ3v) is 6.33.